The van der Waals surface area contributed by atoms with Crippen molar-refractivity contribution < 1.29 is 8.78 Å². The lowest BCUT2D eigenvalue weighted by molar-refractivity contribution is 0.631. The number of anilines is 6. The van der Waals surface area contributed by atoms with Crippen LogP contribution in [0.2, 0.25) is 0 Å². The standard InChI is InChI=1S/C50H34F2N2/c51-47-26-14-12-24-44(47)49-41-22-10-11-23-42(41)50(45-25-13-15-27-48(45)52)46-34-40(32-33-43(46)49)54(37-20-8-3-9-21-37)39-30-28-38(29-31-39)53(35-16-4-1-5-17-35)36-18-6-2-7-19-36/h1-34H. The van der Waals surface area contributed by atoms with Crippen molar-refractivity contribution >= 4 is 55.7 Å². The highest BCUT2D eigenvalue weighted by atomic mass is 19.1. The molecule has 54 heavy (non-hydrogen) atoms. The number of halogens is 2. The average Bonchev–Trinajstić information content (AvgIpc) is 3.23. The first-order valence-electron chi connectivity index (χ1n) is 18.0. The lowest BCUT2D eigenvalue weighted by Crippen LogP contribution is -2.12. The molecule has 258 valence electrons. The highest BCUT2D eigenvalue weighted by Gasteiger charge is 2.22. The molecular weight excluding hydrogens is 667 g/mol. The fourth-order valence-electron chi connectivity index (χ4n) is 7.59. The molecule has 2 nitrogen and oxygen atoms in total. The van der Waals surface area contributed by atoms with Crippen molar-refractivity contribution in [1.82, 2.24) is 0 Å². The number of para-hydroxylation sites is 3. The molecule has 9 aromatic rings. The summed E-state index contributed by atoms with van der Waals surface area (Å²) in [6.07, 6.45) is 0. The number of hydrogen-bond acceptors (Lipinski definition) is 2. The summed E-state index contributed by atoms with van der Waals surface area (Å²) in [6, 6.07) is 67.4. The smallest absolute Gasteiger partial charge is 0.131 e. The van der Waals surface area contributed by atoms with Crippen LogP contribution in [-0.4, -0.2) is 0 Å². The minimum Gasteiger partial charge on any atom is -0.311 e. The van der Waals surface area contributed by atoms with Crippen LogP contribution in [0.15, 0.2) is 206 Å². The minimum absolute atomic E-state index is 0.308. The van der Waals surface area contributed by atoms with Crippen LogP contribution in [0.25, 0.3) is 43.8 Å². The van der Waals surface area contributed by atoms with Crippen LogP contribution < -0.4 is 9.80 Å². The molecule has 0 unspecified atom stereocenters. The topological polar surface area (TPSA) is 6.48 Å². The Morgan fingerprint density at radius 3 is 1.02 bits per heavy atom. The van der Waals surface area contributed by atoms with E-state index >= 15 is 8.78 Å². The molecule has 0 fully saturated rings. The fraction of sp³-hybridized carbons (Fsp3) is 0. The summed E-state index contributed by atoms with van der Waals surface area (Å²) in [5.41, 5.74) is 8.49. The van der Waals surface area contributed by atoms with Gasteiger partial charge >= 0.3 is 0 Å². The highest BCUT2D eigenvalue weighted by molar-refractivity contribution is 6.22. The molecule has 0 aliphatic rings. The van der Waals surface area contributed by atoms with Crippen molar-refractivity contribution in [2.24, 2.45) is 0 Å². The third-order valence-corrected chi connectivity index (χ3v) is 9.96. The van der Waals surface area contributed by atoms with Crippen molar-refractivity contribution in [3.63, 3.8) is 0 Å². The molecule has 0 saturated carbocycles. The fourth-order valence-corrected chi connectivity index (χ4v) is 7.59. The summed E-state index contributed by atoms with van der Waals surface area (Å²) < 4.78 is 31.6. The SMILES string of the molecule is Fc1ccccc1-c1c2ccccc2c(-c2ccccc2F)c2cc(N(c3ccccc3)c3ccc(N(c4ccccc4)c4ccccc4)cc3)ccc12. The van der Waals surface area contributed by atoms with Gasteiger partial charge in [-0.3, -0.25) is 0 Å². The van der Waals surface area contributed by atoms with Crippen LogP contribution in [0.1, 0.15) is 0 Å². The van der Waals surface area contributed by atoms with Gasteiger partial charge in [0.15, 0.2) is 0 Å². The molecule has 0 aliphatic heterocycles. The van der Waals surface area contributed by atoms with Gasteiger partial charge in [0.1, 0.15) is 11.6 Å². The molecule has 0 bridgehead atoms. The van der Waals surface area contributed by atoms with Crippen LogP contribution >= 0.6 is 0 Å². The molecule has 9 rings (SSSR count). The number of hydrogen-bond donors (Lipinski definition) is 0. The zero-order valence-electron chi connectivity index (χ0n) is 29.3. The molecule has 0 aromatic heterocycles. The summed E-state index contributed by atoms with van der Waals surface area (Å²) >= 11 is 0. The van der Waals surface area contributed by atoms with Crippen LogP contribution in [0.5, 0.6) is 0 Å². The van der Waals surface area contributed by atoms with Crippen LogP contribution in [0.4, 0.5) is 42.9 Å². The van der Waals surface area contributed by atoms with Gasteiger partial charge in [0.2, 0.25) is 0 Å². The molecule has 0 N–H and O–H groups in total. The van der Waals surface area contributed by atoms with E-state index in [4.69, 9.17) is 0 Å². The Labute approximate surface area is 313 Å². The van der Waals surface area contributed by atoms with Crippen LogP contribution in [0, 0.1) is 11.6 Å². The van der Waals surface area contributed by atoms with Gasteiger partial charge in [0.25, 0.3) is 0 Å². The summed E-state index contributed by atoms with van der Waals surface area (Å²) in [5, 5.41) is 3.37. The van der Waals surface area contributed by atoms with E-state index in [-0.39, 0.29) is 11.6 Å². The molecule has 0 spiro atoms. The van der Waals surface area contributed by atoms with Crippen LogP contribution in [0.3, 0.4) is 0 Å². The summed E-state index contributed by atoms with van der Waals surface area (Å²) in [5.74, 6) is -0.623. The Bertz CT molecular complexity index is 2690. The highest BCUT2D eigenvalue weighted by Crippen LogP contribution is 2.47. The molecule has 9 aromatic carbocycles. The molecule has 0 heterocycles. The largest absolute Gasteiger partial charge is 0.311 e. The second-order valence-corrected chi connectivity index (χ2v) is 13.2. The second-order valence-electron chi connectivity index (χ2n) is 13.2. The zero-order chi connectivity index (χ0) is 36.4. The van der Waals surface area contributed by atoms with E-state index in [1.165, 1.54) is 12.1 Å². The summed E-state index contributed by atoms with van der Waals surface area (Å²) in [4.78, 5) is 4.45. The normalized spacial score (nSPS) is 11.1. The lowest BCUT2D eigenvalue weighted by Gasteiger charge is -2.29. The molecule has 4 heteroatoms. The molecule has 0 aliphatic carbocycles. The van der Waals surface area contributed by atoms with Gasteiger partial charge < -0.3 is 9.80 Å². The molecule has 0 saturated heterocycles. The maximum atomic E-state index is 15.9. The van der Waals surface area contributed by atoms with Gasteiger partial charge in [-0.05, 0) is 106 Å². The summed E-state index contributed by atoms with van der Waals surface area (Å²) in [7, 11) is 0. The Hall–Kier alpha value is -7.04. The van der Waals surface area contributed by atoms with Gasteiger partial charge in [0, 0.05) is 56.4 Å². The Kier molecular flexibility index (Phi) is 8.62. The van der Waals surface area contributed by atoms with E-state index in [0.717, 1.165) is 66.8 Å². The molecule has 0 radical (unpaired) electrons. The maximum Gasteiger partial charge on any atom is 0.131 e. The third-order valence-electron chi connectivity index (χ3n) is 9.96. The predicted molar refractivity (Wildman–Crippen MR) is 222 cm³/mol. The van der Waals surface area contributed by atoms with Gasteiger partial charge in [0.05, 0.1) is 0 Å². The first-order chi connectivity index (χ1) is 26.7. The third kappa shape index (κ3) is 5.94. The van der Waals surface area contributed by atoms with Gasteiger partial charge in [-0.25, -0.2) is 8.78 Å². The second kappa shape index (κ2) is 14.2. The van der Waals surface area contributed by atoms with E-state index in [1.54, 1.807) is 12.1 Å². The molecular formula is C50H34F2N2. The van der Waals surface area contributed by atoms with Gasteiger partial charge in [-0.1, -0.05) is 121 Å². The number of fused-ring (bicyclic) bond motifs is 2. The van der Waals surface area contributed by atoms with E-state index in [2.05, 4.69) is 88.7 Å². The Morgan fingerprint density at radius 2 is 0.574 bits per heavy atom. The zero-order valence-corrected chi connectivity index (χ0v) is 29.3. The number of nitrogens with zero attached hydrogens (tertiary/aromatic N) is 2. The van der Waals surface area contributed by atoms with Gasteiger partial charge in [-0.15, -0.1) is 0 Å². The summed E-state index contributed by atoms with van der Waals surface area (Å²) in [6.45, 7) is 0. The van der Waals surface area contributed by atoms with Crippen LogP contribution in [-0.2, 0) is 0 Å². The first kappa shape index (κ1) is 32.8. The van der Waals surface area contributed by atoms with Crippen molar-refractivity contribution in [2.75, 3.05) is 9.80 Å². The van der Waals surface area contributed by atoms with Crippen molar-refractivity contribution in [1.29, 1.82) is 0 Å². The van der Waals surface area contributed by atoms with E-state index in [1.807, 2.05) is 103 Å². The minimum atomic E-state index is -0.315. The average molecular weight is 701 g/mol. The predicted octanol–water partition coefficient (Wildman–Crippen LogP) is 14.5. The van der Waals surface area contributed by atoms with E-state index in [0.29, 0.717) is 11.1 Å². The van der Waals surface area contributed by atoms with E-state index < -0.39 is 0 Å². The Balaban J connectivity index is 1.27. The maximum absolute atomic E-state index is 15.9. The number of rotatable bonds is 8. The van der Waals surface area contributed by atoms with E-state index in [9.17, 15) is 0 Å². The monoisotopic (exact) mass is 700 g/mol. The van der Waals surface area contributed by atoms with Gasteiger partial charge in [-0.2, -0.15) is 0 Å². The quantitative estimate of drug-likeness (QED) is 0.146. The van der Waals surface area contributed by atoms with Crippen molar-refractivity contribution in [2.45, 2.75) is 0 Å². The lowest BCUT2D eigenvalue weighted by atomic mass is 9.85. The first-order valence-corrected chi connectivity index (χ1v) is 18.0. The number of benzene rings is 9. The molecule has 0 atom stereocenters. The van der Waals surface area contributed by atoms with Crippen molar-refractivity contribution in [3.8, 4) is 22.3 Å². The molecule has 0 amide bonds. The van der Waals surface area contributed by atoms with Crippen molar-refractivity contribution in [3.05, 3.63) is 218 Å². The Morgan fingerprint density at radius 1 is 0.259 bits per heavy atom.